The Bertz CT molecular complexity index is 1860. The highest BCUT2D eigenvalue weighted by Crippen LogP contribution is 2.30. The Morgan fingerprint density at radius 1 is 0.795 bits per heavy atom. The van der Waals surface area contributed by atoms with Crippen molar-refractivity contribution in [3.63, 3.8) is 0 Å². The maximum absolute atomic E-state index is 13.4. The number of rotatable bonds is 6. The van der Waals surface area contributed by atoms with Crippen LogP contribution < -0.4 is 16.0 Å². The molecule has 0 aliphatic heterocycles. The number of thiophene rings is 1. The van der Waals surface area contributed by atoms with Crippen molar-refractivity contribution in [2.24, 2.45) is 0 Å². The topological polar surface area (TPSA) is 96.0 Å². The van der Waals surface area contributed by atoms with E-state index in [1.807, 2.05) is 91.2 Å². The van der Waals surface area contributed by atoms with Crippen molar-refractivity contribution in [1.82, 2.24) is 9.97 Å². The summed E-state index contributed by atoms with van der Waals surface area (Å²) in [5, 5.41) is 12.9. The second-order valence-electron chi connectivity index (χ2n) is 9.02. The van der Waals surface area contributed by atoms with Crippen LogP contribution in [0.25, 0.3) is 21.0 Å². The molecule has 190 valence electrons. The molecule has 0 bridgehead atoms. The highest BCUT2D eigenvalue weighted by atomic mass is 32.1. The van der Waals surface area contributed by atoms with Gasteiger partial charge in [-0.15, -0.1) is 11.3 Å². The molecule has 3 N–H and O–H groups in total. The number of aryl methyl sites for hydroxylation is 1. The van der Waals surface area contributed by atoms with Crippen molar-refractivity contribution >= 4 is 67.0 Å². The molecule has 6 rings (SSSR count). The van der Waals surface area contributed by atoms with Gasteiger partial charge in [-0.3, -0.25) is 14.6 Å². The number of carbonyl (C=O) groups is 2. The number of nitrogens with one attached hydrogen (secondary N) is 3. The molecule has 7 nitrogen and oxygen atoms in total. The molecule has 0 saturated carbocycles. The molecule has 2 amide bonds. The predicted molar refractivity (Wildman–Crippen MR) is 158 cm³/mol. The van der Waals surface area contributed by atoms with Crippen molar-refractivity contribution < 1.29 is 9.59 Å². The van der Waals surface area contributed by atoms with E-state index in [2.05, 4.69) is 25.9 Å². The van der Waals surface area contributed by atoms with Crippen molar-refractivity contribution in [1.29, 1.82) is 0 Å². The zero-order chi connectivity index (χ0) is 26.8. The number of pyridine rings is 2. The lowest BCUT2D eigenvalue weighted by molar-refractivity contribution is 0.101. The molecule has 8 heteroatoms. The number of fused-ring (bicyclic) bond motifs is 2. The molecule has 0 spiro atoms. The molecule has 0 saturated heterocycles. The highest BCUT2D eigenvalue weighted by Gasteiger charge is 2.18. The Morgan fingerprint density at radius 2 is 1.64 bits per heavy atom. The quantitative estimate of drug-likeness (QED) is 0.209. The summed E-state index contributed by atoms with van der Waals surface area (Å²) in [5.41, 5.74) is 4.53. The first-order valence-corrected chi connectivity index (χ1v) is 13.2. The fourth-order valence-electron chi connectivity index (χ4n) is 4.32. The Kier molecular flexibility index (Phi) is 6.44. The smallest absolute Gasteiger partial charge is 0.257 e. The third-order valence-corrected chi connectivity index (χ3v) is 7.35. The first-order chi connectivity index (χ1) is 19.0. The van der Waals surface area contributed by atoms with Gasteiger partial charge in [0.2, 0.25) is 0 Å². The normalized spacial score (nSPS) is 10.9. The monoisotopic (exact) mass is 529 g/mol. The summed E-state index contributed by atoms with van der Waals surface area (Å²) >= 11 is 1.51. The van der Waals surface area contributed by atoms with Gasteiger partial charge in [0.05, 0.1) is 22.3 Å². The zero-order valence-electron chi connectivity index (χ0n) is 20.9. The molecule has 3 aromatic heterocycles. The van der Waals surface area contributed by atoms with Gasteiger partial charge in [0.25, 0.3) is 11.8 Å². The first kappa shape index (κ1) is 24.3. The molecule has 0 aliphatic carbocycles. The first-order valence-electron chi connectivity index (χ1n) is 12.3. The van der Waals surface area contributed by atoms with E-state index in [9.17, 15) is 9.59 Å². The molecule has 6 aromatic rings. The van der Waals surface area contributed by atoms with Crippen LogP contribution >= 0.6 is 11.3 Å². The minimum Gasteiger partial charge on any atom is -0.338 e. The number of aromatic nitrogens is 2. The van der Waals surface area contributed by atoms with E-state index in [-0.39, 0.29) is 11.8 Å². The van der Waals surface area contributed by atoms with Crippen LogP contribution in [0.5, 0.6) is 0 Å². The average Bonchev–Trinajstić information content (AvgIpc) is 3.39. The lowest BCUT2D eigenvalue weighted by Crippen LogP contribution is -2.16. The number of para-hydroxylation sites is 1. The predicted octanol–water partition coefficient (Wildman–Crippen LogP) is 7.40. The van der Waals surface area contributed by atoms with E-state index in [4.69, 9.17) is 0 Å². The lowest BCUT2D eigenvalue weighted by atomic mass is 10.1. The fourth-order valence-corrected chi connectivity index (χ4v) is 5.26. The zero-order valence-corrected chi connectivity index (χ0v) is 21.8. The summed E-state index contributed by atoms with van der Waals surface area (Å²) in [4.78, 5) is 35.5. The summed E-state index contributed by atoms with van der Waals surface area (Å²) in [6, 6.07) is 26.6. The van der Waals surface area contributed by atoms with Gasteiger partial charge in [0.15, 0.2) is 5.82 Å². The van der Waals surface area contributed by atoms with E-state index >= 15 is 0 Å². The third-order valence-electron chi connectivity index (χ3n) is 6.39. The number of carbonyl (C=O) groups excluding carboxylic acids is 2. The Hall–Kier alpha value is -5.08. The summed E-state index contributed by atoms with van der Waals surface area (Å²) in [6.07, 6.45) is 3.20. The van der Waals surface area contributed by atoms with E-state index in [1.165, 1.54) is 17.5 Å². The van der Waals surface area contributed by atoms with Crippen molar-refractivity contribution in [2.75, 3.05) is 16.0 Å². The highest BCUT2D eigenvalue weighted by molar-refractivity contribution is 7.17. The number of hydrogen-bond donors (Lipinski definition) is 3. The molecular formula is C31H23N5O2S. The summed E-state index contributed by atoms with van der Waals surface area (Å²) in [7, 11) is 0. The Morgan fingerprint density at radius 3 is 2.54 bits per heavy atom. The van der Waals surface area contributed by atoms with Gasteiger partial charge in [-0.2, -0.15) is 0 Å². The lowest BCUT2D eigenvalue weighted by Gasteiger charge is -2.15. The van der Waals surface area contributed by atoms with E-state index in [1.54, 1.807) is 12.3 Å². The average molecular weight is 530 g/mol. The van der Waals surface area contributed by atoms with Crippen LogP contribution in [0.3, 0.4) is 0 Å². The fraction of sp³-hybridized carbons (Fsp3) is 0.0323. The molecule has 39 heavy (non-hydrogen) atoms. The number of hydrogen-bond acceptors (Lipinski definition) is 6. The van der Waals surface area contributed by atoms with Crippen molar-refractivity contribution in [3.05, 3.63) is 119 Å². The summed E-state index contributed by atoms with van der Waals surface area (Å²) in [6.45, 7) is 1.98. The van der Waals surface area contributed by atoms with Gasteiger partial charge in [0.1, 0.15) is 0 Å². The number of anilines is 4. The Balaban J connectivity index is 1.32. The van der Waals surface area contributed by atoms with Crippen LogP contribution in [0.15, 0.2) is 103 Å². The van der Waals surface area contributed by atoms with Gasteiger partial charge in [-0.1, -0.05) is 48.5 Å². The molecule has 0 fully saturated rings. The second kappa shape index (κ2) is 10.4. The molecule has 3 heterocycles. The number of nitrogens with zero attached hydrogens (tertiary/aromatic N) is 2. The van der Waals surface area contributed by atoms with Crippen LogP contribution in [-0.4, -0.2) is 21.8 Å². The summed E-state index contributed by atoms with van der Waals surface area (Å²) < 4.78 is 1.03. The van der Waals surface area contributed by atoms with E-state index < -0.39 is 0 Å². The molecule has 0 atom stereocenters. The van der Waals surface area contributed by atoms with Gasteiger partial charge in [-0.25, -0.2) is 4.98 Å². The van der Waals surface area contributed by atoms with Crippen LogP contribution in [0.4, 0.5) is 22.9 Å². The second-order valence-corrected chi connectivity index (χ2v) is 9.94. The van der Waals surface area contributed by atoms with Crippen LogP contribution in [0, 0.1) is 6.92 Å². The largest absolute Gasteiger partial charge is 0.338 e. The van der Waals surface area contributed by atoms with E-state index in [0.29, 0.717) is 28.3 Å². The van der Waals surface area contributed by atoms with Crippen LogP contribution in [-0.2, 0) is 0 Å². The number of amides is 2. The molecule has 3 aromatic carbocycles. The van der Waals surface area contributed by atoms with Gasteiger partial charge >= 0.3 is 0 Å². The minimum atomic E-state index is -0.350. The molecule has 0 radical (unpaired) electrons. The third kappa shape index (κ3) is 5.05. The summed E-state index contributed by atoms with van der Waals surface area (Å²) in [5.74, 6) is -0.194. The Labute approximate surface area is 228 Å². The SMILES string of the molecule is Cc1ccccc1Nc1ncc(C(=O)Nc2ccc3cccnc3c2)cc1NC(=O)c1csc2ccccc12. The number of benzene rings is 3. The maximum atomic E-state index is 13.4. The van der Waals surface area contributed by atoms with Gasteiger partial charge in [-0.05, 0) is 48.9 Å². The molecule has 0 unspecified atom stereocenters. The van der Waals surface area contributed by atoms with Gasteiger partial charge < -0.3 is 16.0 Å². The molecule has 0 aliphatic rings. The van der Waals surface area contributed by atoms with Crippen LogP contribution in [0.1, 0.15) is 26.3 Å². The van der Waals surface area contributed by atoms with Crippen LogP contribution in [0.2, 0.25) is 0 Å². The van der Waals surface area contributed by atoms with E-state index in [0.717, 1.165) is 32.2 Å². The van der Waals surface area contributed by atoms with Crippen molar-refractivity contribution in [3.8, 4) is 0 Å². The standard InChI is InChI=1S/C31H23N5O2S/c1-19-7-2-4-10-25(19)35-29-27(36-31(38)24-18-39-28-11-5-3-9-23(24)28)15-21(17-33-29)30(37)34-22-13-12-20-8-6-14-32-26(20)16-22/h2-18H,1H3,(H,33,35)(H,34,37)(H,36,38). The molecular weight excluding hydrogens is 506 g/mol. The minimum absolute atomic E-state index is 0.278. The van der Waals surface area contributed by atoms with Crippen molar-refractivity contribution in [2.45, 2.75) is 6.92 Å². The maximum Gasteiger partial charge on any atom is 0.257 e. The van der Waals surface area contributed by atoms with Gasteiger partial charge in [0, 0.05) is 44.6 Å².